The SMILES string of the molecule is Cc1nc(CC(=O)NNC(=O)c2ccc(Br)cc2)cs1. The van der Waals surface area contributed by atoms with Gasteiger partial charge in [-0.15, -0.1) is 11.3 Å². The zero-order valence-corrected chi connectivity index (χ0v) is 13.0. The lowest BCUT2D eigenvalue weighted by atomic mass is 10.2. The molecule has 1 aromatic carbocycles. The van der Waals surface area contributed by atoms with Crippen LogP contribution in [0.2, 0.25) is 0 Å². The first-order valence-corrected chi connectivity index (χ1v) is 7.47. The van der Waals surface area contributed by atoms with Crippen LogP contribution in [0.25, 0.3) is 0 Å². The number of hydrazine groups is 1. The molecule has 2 rings (SSSR count). The van der Waals surface area contributed by atoms with Crippen molar-refractivity contribution in [2.24, 2.45) is 0 Å². The van der Waals surface area contributed by atoms with E-state index in [0.29, 0.717) is 11.3 Å². The summed E-state index contributed by atoms with van der Waals surface area (Å²) in [6.07, 6.45) is 0.144. The Hall–Kier alpha value is -1.73. The number of halogens is 1. The molecule has 0 fully saturated rings. The third-order valence-corrected chi connectivity index (χ3v) is 3.78. The van der Waals surface area contributed by atoms with Crippen LogP contribution >= 0.6 is 27.3 Å². The molecule has 2 aromatic rings. The Morgan fingerprint density at radius 1 is 1.25 bits per heavy atom. The van der Waals surface area contributed by atoms with Crippen LogP contribution in [0.5, 0.6) is 0 Å². The third-order valence-electron chi connectivity index (χ3n) is 2.43. The summed E-state index contributed by atoms with van der Waals surface area (Å²) in [6, 6.07) is 6.84. The van der Waals surface area contributed by atoms with Gasteiger partial charge in [-0.2, -0.15) is 0 Å². The molecule has 7 heteroatoms. The predicted molar refractivity (Wildman–Crippen MR) is 80.3 cm³/mol. The van der Waals surface area contributed by atoms with E-state index in [1.54, 1.807) is 24.3 Å². The first kappa shape index (κ1) is 14.7. The molecule has 0 atom stereocenters. The summed E-state index contributed by atoms with van der Waals surface area (Å²) in [4.78, 5) is 27.6. The highest BCUT2D eigenvalue weighted by Gasteiger charge is 2.09. The number of rotatable bonds is 3. The molecule has 0 aliphatic rings. The zero-order chi connectivity index (χ0) is 14.5. The lowest BCUT2D eigenvalue weighted by molar-refractivity contribution is -0.121. The van der Waals surface area contributed by atoms with Crippen molar-refractivity contribution in [1.82, 2.24) is 15.8 Å². The van der Waals surface area contributed by atoms with Crippen LogP contribution in [-0.4, -0.2) is 16.8 Å². The average molecular weight is 354 g/mol. The molecule has 0 spiro atoms. The van der Waals surface area contributed by atoms with Crippen molar-refractivity contribution in [3.05, 3.63) is 50.4 Å². The van der Waals surface area contributed by atoms with Gasteiger partial charge in [0, 0.05) is 15.4 Å². The molecule has 0 unspecified atom stereocenters. The van der Waals surface area contributed by atoms with Gasteiger partial charge in [-0.25, -0.2) is 4.98 Å². The minimum Gasteiger partial charge on any atom is -0.273 e. The smallest absolute Gasteiger partial charge is 0.269 e. The number of hydrogen-bond donors (Lipinski definition) is 2. The van der Waals surface area contributed by atoms with E-state index >= 15 is 0 Å². The van der Waals surface area contributed by atoms with Crippen LogP contribution in [0, 0.1) is 6.92 Å². The first-order chi connectivity index (χ1) is 9.54. The van der Waals surface area contributed by atoms with E-state index < -0.39 is 0 Å². The molecular weight excluding hydrogens is 342 g/mol. The predicted octanol–water partition coefficient (Wildman–Crippen LogP) is 2.22. The fourth-order valence-corrected chi connectivity index (χ4v) is 2.37. The molecule has 20 heavy (non-hydrogen) atoms. The van der Waals surface area contributed by atoms with E-state index in [9.17, 15) is 9.59 Å². The molecule has 0 saturated heterocycles. The highest BCUT2D eigenvalue weighted by Crippen LogP contribution is 2.10. The maximum Gasteiger partial charge on any atom is 0.269 e. The number of thiazole rings is 1. The van der Waals surface area contributed by atoms with Crippen molar-refractivity contribution in [2.45, 2.75) is 13.3 Å². The number of aromatic nitrogens is 1. The second kappa shape index (κ2) is 6.62. The molecule has 5 nitrogen and oxygen atoms in total. The standard InChI is InChI=1S/C13H12BrN3O2S/c1-8-15-11(7-20-8)6-12(18)16-17-13(19)9-2-4-10(14)5-3-9/h2-5,7H,6H2,1H3,(H,16,18)(H,17,19). The molecular formula is C13H12BrN3O2S. The minimum absolute atomic E-state index is 0.144. The van der Waals surface area contributed by atoms with Crippen molar-refractivity contribution in [3.8, 4) is 0 Å². The molecule has 2 N–H and O–H groups in total. The number of carbonyl (C=O) groups is 2. The van der Waals surface area contributed by atoms with E-state index in [-0.39, 0.29) is 18.2 Å². The fourth-order valence-electron chi connectivity index (χ4n) is 1.50. The van der Waals surface area contributed by atoms with Crippen LogP contribution in [0.15, 0.2) is 34.1 Å². The molecule has 0 aliphatic heterocycles. The van der Waals surface area contributed by atoms with E-state index in [1.807, 2.05) is 12.3 Å². The molecule has 0 saturated carbocycles. The minimum atomic E-state index is -0.361. The third kappa shape index (κ3) is 4.14. The van der Waals surface area contributed by atoms with Crippen LogP contribution in [0.3, 0.4) is 0 Å². The van der Waals surface area contributed by atoms with Gasteiger partial charge in [-0.1, -0.05) is 15.9 Å². The maximum atomic E-state index is 11.8. The maximum absolute atomic E-state index is 11.8. The molecule has 2 amide bonds. The Bertz CT molecular complexity index is 625. The van der Waals surface area contributed by atoms with Crippen LogP contribution in [0.1, 0.15) is 21.1 Å². The summed E-state index contributed by atoms with van der Waals surface area (Å²) >= 11 is 4.77. The molecule has 0 radical (unpaired) electrons. The number of nitrogens with one attached hydrogen (secondary N) is 2. The first-order valence-electron chi connectivity index (χ1n) is 5.80. The Balaban J connectivity index is 1.84. The normalized spacial score (nSPS) is 10.1. The van der Waals surface area contributed by atoms with Crippen LogP contribution in [0.4, 0.5) is 0 Å². The quantitative estimate of drug-likeness (QED) is 0.831. The van der Waals surface area contributed by atoms with Gasteiger partial charge in [0.1, 0.15) is 0 Å². The summed E-state index contributed by atoms with van der Waals surface area (Å²) in [5, 5.41) is 2.73. The largest absolute Gasteiger partial charge is 0.273 e. The summed E-state index contributed by atoms with van der Waals surface area (Å²) in [7, 11) is 0. The van der Waals surface area contributed by atoms with Crippen molar-refractivity contribution < 1.29 is 9.59 Å². The van der Waals surface area contributed by atoms with Gasteiger partial charge in [-0.3, -0.25) is 20.4 Å². The fraction of sp³-hybridized carbons (Fsp3) is 0.154. The van der Waals surface area contributed by atoms with E-state index in [4.69, 9.17) is 0 Å². The van der Waals surface area contributed by atoms with Gasteiger partial charge in [0.25, 0.3) is 5.91 Å². The number of benzene rings is 1. The number of amides is 2. The van der Waals surface area contributed by atoms with E-state index in [0.717, 1.165) is 9.48 Å². The van der Waals surface area contributed by atoms with E-state index in [1.165, 1.54) is 11.3 Å². The van der Waals surface area contributed by atoms with Gasteiger partial charge in [0.2, 0.25) is 5.91 Å². The summed E-state index contributed by atoms with van der Waals surface area (Å²) in [5.74, 6) is -0.666. The lowest BCUT2D eigenvalue weighted by Gasteiger charge is -2.06. The van der Waals surface area contributed by atoms with Crippen molar-refractivity contribution in [1.29, 1.82) is 0 Å². The van der Waals surface area contributed by atoms with Crippen LogP contribution in [-0.2, 0) is 11.2 Å². The Labute approximate surface area is 128 Å². The monoisotopic (exact) mass is 353 g/mol. The molecule has 0 bridgehead atoms. The van der Waals surface area contributed by atoms with Gasteiger partial charge in [0.05, 0.1) is 17.1 Å². The van der Waals surface area contributed by atoms with Crippen LogP contribution < -0.4 is 10.9 Å². The summed E-state index contributed by atoms with van der Waals surface area (Å²) in [5.41, 5.74) is 5.90. The Morgan fingerprint density at radius 2 is 1.95 bits per heavy atom. The lowest BCUT2D eigenvalue weighted by Crippen LogP contribution is -2.42. The molecule has 1 aromatic heterocycles. The summed E-state index contributed by atoms with van der Waals surface area (Å²) in [6.45, 7) is 1.88. The van der Waals surface area contributed by atoms with E-state index in [2.05, 4.69) is 31.8 Å². The van der Waals surface area contributed by atoms with Gasteiger partial charge in [-0.05, 0) is 31.2 Å². The highest BCUT2D eigenvalue weighted by molar-refractivity contribution is 9.10. The second-order valence-electron chi connectivity index (χ2n) is 4.04. The topological polar surface area (TPSA) is 71.1 Å². The second-order valence-corrected chi connectivity index (χ2v) is 6.02. The number of carbonyl (C=O) groups excluding carboxylic acids is 2. The van der Waals surface area contributed by atoms with Gasteiger partial charge in [0.15, 0.2) is 0 Å². The van der Waals surface area contributed by atoms with Crippen molar-refractivity contribution in [3.63, 3.8) is 0 Å². The summed E-state index contributed by atoms with van der Waals surface area (Å²) < 4.78 is 0.886. The van der Waals surface area contributed by atoms with Gasteiger partial charge >= 0.3 is 0 Å². The highest BCUT2D eigenvalue weighted by atomic mass is 79.9. The molecule has 1 heterocycles. The number of aryl methyl sites for hydroxylation is 1. The Kier molecular flexibility index (Phi) is 4.86. The van der Waals surface area contributed by atoms with Crippen molar-refractivity contribution >= 4 is 39.1 Å². The van der Waals surface area contributed by atoms with Crippen molar-refractivity contribution in [2.75, 3.05) is 0 Å². The number of nitrogens with zero attached hydrogens (tertiary/aromatic N) is 1. The molecule has 0 aliphatic carbocycles. The Morgan fingerprint density at radius 3 is 2.55 bits per heavy atom. The zero-order valence-electron chi connectivity index (χ0n) is 10.6. The van der Waals surface area contributed by atoms with Gasteiger partial charge < -0.3 is 0 Å². The average Bonchev–Trinajstić information content (AvgIpc) is 2.82. The number of hydrogen-bond acceptors (Lipinski definition) is 4. The molecule has 104 valence electrons.